The van der Waals surface area contributed by atoms with Crippen molar-refractivity contribution in [1.29, 1.82) is 0 Å². The third-order valence-corrected chi connectivity index (χ3v) is 4.01. The normalized spacial score (nSPS) is 10.7. The van der Waals surface area contributed by atoms with Crippen molar-refractivity contribution in [3.05, 3.63) is 69.3 Å². The Kier molecular flexibility index (Phi) is 3.56. The van der Waals surface area contributed by atoms with Crippen LogP contribution in [0.2, 0.25) is 0 Å². The molecule has 0 spiro atoms. The predicted molar refractivity (Wildman–Crippen MR) is 79.4 cm³/mol. The van der Waals surface area contributed by atoms with Crippen LogP contribution in [0.3, 0.4) is 0 Å². The fraction of sp³-hybridized carbons (Fsp3) is 0.333. The van der Waals surface area contributed by atoms with Crippen LogP contribution in [0, 0.1) is 34.6 Å². The Morgan fingerprint density at radius 1 is 0.722 bits per heavy atom. The van der Waals surface area contributed by atoms with E-state index in [9.17, 15) is 0 Å². The molecular formula is C18H22. The van der Waals surface area contributed by atoms with Crippen LogP contribution in [-0.2, 0) is 6.42 Å². The molecule has 0 heteroatoms. The lowest BCUT2D eigenvalue weighted by Crippen LogP contribution is -1.98. The van der Waals surface area contributed by atoms with E-state index in [4.69, 9.17) is 0 Å². The Morgan fingerprint density at radius 3 is 1.72 bits per heavy atom. The van der Waals surface area contributed by atoms with E-state index in [1.54, 1.807) is 0 Å². The molecule has 0 aliphatic rings. The van der Waals surface area contributed by atoms with E-state index in [1.807, 2.05) is 0 Å². The topological polar surface area (TPSA) is 0 Å². The molecule has 0 amide bonds. The maximum atomic E-state index is 2.33. The van der Waals surface area contributed by atoms with Gasteiger partial charge in [-0.25, -0.2) is 0 Å². The minimum absolute atomic E-state index is 1.04. The summed E-state index contributed by atoms with van der Waals surface area (Å²) in [5.41, 5.74) is 9.90. The summed E-state index contributed by atoms with van der Waals surface area (Å²) in [4.78, 5) is 0. The molecule has 2 aromatic carbocycles. The summed E-state index contributed by atoms with van der Waals surface area (Å²) >= 11 is 0. The molecule has 0 heterocycles. The van der Waals surface area contributed by atoms with E-state index in [0.717, 1.165) is 6.42 Å². The summed E-state index contributed by atoms with van der Waals surface area (Å²) in [5, 5.41) is 0. The van der Waals surface area contributed by atoms with Crippen LogP contribution in [0.5, 0.6) is 0 Å². The summed E-state index contributed by atoms with van der Waals surface area (Å²) in [6.07, 6.45) is 1.04. The van der Waals surface area contributed by atoms with Crippen LogP contribution in [0.1, 0.15) is 38.9 Å². The Bertz CT molecular complexity index is 533. The lowest BCUT2D eigenvalue weighted by molar-refractivity contribution is 1.10. The van der Waals surface area contributed by atoms with Gasteiger partial charge >= 0.3 is 0 Å². The molecule has 18 heavy (non-hydrogen) atoms. The zero-order valence-electron chi connectivity index (χ0n) is 12.1. The monoisotopic (exact) mass is 238 g/mol. The standard InChI is InChI=1S/C18H22/c1-12-7-6-8-13(2)18(12)11-17-9-14(3)16(5)15(4)10-17/h6-10H,11H2,1-5H3. The largest absolute Gasteiger partial charge is 0.0617 e. The molecule has 0 aliphatic heterocycles. The van der Waals surface area contributed by atoms with Gasteiger partial charge in [0.2, 0.25) is 0 Å². The van der Waals surface area contributed by atoms with Gasteiger partial charge in [0.1, 0.15) is 0 Å². The zero-order chi connectivity index (χ0) is 13.3. The molecular weight excluding hydrogens is 216 g/mol. The van der Waals surface area contributed by atoms with Crippen molar-refractivity contribution in [2.75, 3.05) is 0 Å². The van der Waals surface area contributed by atoms with Crippen LogP contribution < -0.4 is 0 Å². The molecule has 0 saturated carbocycles. The Morgan fingerprint density at radius 2 is 1.22 bits per heavy atom. The first-order chi connectivity index (χ1) is 8.49. The van der Waals surface area contributed by atoms with Gasteiger partial charge in [-0.15, -0.1) is 0 Å². The van der Waals surface area contributed by atoms with E-state index in [-0.39, 0.29) is 0 Å². The summed E-state index contributed by atoms with van der Waals surface area (Å²) < 4.78 is 0. The average Bonchev–Trinajstić information content (AvgIpc) is 2.31. The lowest BCUT2D eigenvalue weighted by atomic mass is 9.93. The van der Waals surface area contributed by atoms with Gasteiger partial charge in [-0.05, 0) is 80.0 Å². The van der Waals surface area contributed by atoms with E-state index < -0.39 is 0 Å². The van der Waals surface area contributed by atoms with Crippen molar-refractivity contribution in [3.8, 4) is 0 Å². The van der Waals surface area contributed by atoms with Gasteiger partial charge in [-0.1, -0.05) is 30.3 Å². The maximum absolute atomic E-state index is 2.33. The number of hydrogen-bond acceptors (Lipinski definition) is 0. The number of benzene rings is 2. The van der Waals surface area contributed by atoms with Crippen molar-refractivity contribution >= 4 is 0 Å². The number of rotatable bonds is 2. The molecule has 2 aromatic rings. The summed E-state index contributed by atoms with van der Waals surface area (Å²) in [7, 11) is 0. The zero-order valence-corrected chi connectivity index (χ0v) is 12.1. The average molecular weight is 238 g/mol. The highest BCUT2D eigenvalue weighted by atomic mass is 14.1. The molecule has 0 fully saturated rings. The van der Waals surface area contributed by atoms with E-state index >= 15 is 0 Å². The van der Waals surface area contributed by atoms with Gasteiger partial charge in [-0.3, -0.25) is 0 Å². The SMILES string of the molecule is Cc1cc(Cc2c(C)cccc2C)cc(C)c1C. The van der Waals surface area contributed by atoms with E-state index in [1.165, 1.54) is 38.9 Å². The van der Waals surface area contributed by atoms with E-state index in [0.29, 0.717) is 0 Å². The molecule has 0 aromatic heterocycles. The minimum atomic E-state index is 1.04. The van der Waals surface area contributed by atoms with Crippen LogP contribution in [0.15, 0.2) is 30.3 Å². The van der Waals surface area contributed by atoms with Gasteiger partial charge in [0, 0.05) is 0 Å². The molecule has 0 nitrogen and oxygen atoms in total. The second-order valence-electron chi connectivity index (χ2n) is 5.40. The van der Waals surface area contributed by atoms with Gasteiger partial charge in [-0.2, -0.15) is 0 Å². The van der Waals surface area contributed by atoms with Crippen LogP contribution in [0.25, 0.3) is 0 Å². The van der Waals surface area contributed by atoms with Gasteiger partial charge in [0.25, 0.3) is 0 Å². The fourth-order valence-electron chi connectivity index (χ4n) is 2.56. The van der Waals surface area contributed by atoms with Gasteiger partial charge < -0.3 is 0 Å². The fourth-order valence-corrected chi connectivity index (χ4v) is 2.56. The summed E-state index contributed by atoms with van der Waals surface area (Å²) in [6.45, 7) is 11.0. The van der Waals surface area contributed by atoms with Crippen molar-refractivity contribution in [2.45, 2.75) is 41.0 Å². The lowest BCUT2D eigenvalue weighted by Gasteiger charge is -2.13. The van der Waals surface area contributed by atoms with Crippen LogP contribution >= 0.6 is 0 Å². The first-order valence-corrected chi connectivity index (χ1v) is 6.61. The van der Waals surface area contributed by atoms with E-state index in [2.05, 4.69) is 65.0 Å². The van der Waals surface area contributed by atoms with Crippen molar-refractivity contribution in [2.24, 2.45) is 0 Å². The molecule has 0 saturated heterocycles. The Labute approximate surface area is 111 Å². The quantitative estimate of drug-likeness (QED) is 0.703. The summed E-state index contributed by atoms with van der Waals surface area (Å²) in [6, 6.07) is 11.2. The first-order valence-electron chi connectivity index (χ1n) is 6.61. The maximum Gasteiger partial charge on any atom is -0.00203 e. The highest BCUT2D eigenvalue weighted by Crippen LogP contribution is 2.21. The molecule has 94 valence electrons. The van der Waals surface area contributed by atoms with Crippen molar-refractivity contribution in [1.82, 2.24) is 0 Å². The highest BCUT2D eigenvalue weighted by molar-refractivity contribution is 5.42. The van der Waals surface area contributed by atoms with Crippen molar-refractivity contribution in [3.63, 3.8) is 0 Å². The molecule has 0 atom stereocenters. The third-order valence-electron chi connectivity index (χ3n) is 4.01. The number of aryl methyl sites for hydroxylation is 4. The van der Waals surface area contributed by atoms with Gasteiger partial charge in [0.05, 0.1) is 0 Å². The molecule has 0 bridgehead atoms. The van der Waals surface area contributed by atoms with Gasteiger partial charge in [0.15, 0.2) is 0 Å². The third kappa shape index (κ3) is 2.48. The second-order valence-corrected chi connectivity index (χ2v) is 5.40. The predicted octanol–water partition coefficient (Wildman–Crippen LogP) is 4.82. The highest BCUT2D eigenvalue weighted by Gasteiger charge is 2.06. The first kappa shape index (κ1) is 12.9. The molecule has 0 radical (unpaired) electrons. The molecule has 0 aliphatic carbocycles. The van der Waals surface area contributed by atoms with Crippen LogP contribution in [0.4, 0.5) is 0 Å². The minimum Gasteiger partial charge on any atom is -0.0617 e. The van der Waals surface area contributed by atoms with Crippen molar-refractivity contribution < 1.29 is 0 Å². The Balaban J connectivity index is 2.41. The molecule has 0 N–H and O–H groups in total. The second kappa shape index (κ2) is 4.97. The Hall–Kier alpha value is -1.56. The number of hydrogen-bond donors (Lipinski definition) is 0. The molecule has 0 unspecified atom stereocenters. The smallest absolute Gasteiger partial charge is 0.00203 e. The van der Waals surface area contributed by atoms with Crippen LogP contribution in [-0.4, -0.2) is 0 Å². The summed E-state index contributed by atoms with van der Waals surface area (Å²) in [5.74, 6) is 0. The molecule has 2 rings (SSSR count).